The molecule has 1 amide bonds. The molecular weight excluding hydrogens is 516 g/mol. The Bertz CT molecular complexity index is 1370. The van der Waals surface area contributed by atoms with E-state index >= 15 is 0 Å². The van der Waals surface area contributed by atoms with Gasteiger partial charge in [0.2, 0.25) is 10.0 Å². The van der Waals surface area contributed by atoms with Gasteiger partial charge < -0.3 is 4.90 Å². The normalized spacial score (nSPS) is 18.8. The van der Waals surface area contributed by atoms with Gasteiger partial charge in [-0.15, -0.1) is 0 Å². The van der Waals surface area contributed by atoms with Crippen molar-refractivity contribution in [1.82, 2.24) is 14.2 Å². The maximum atomic E-state index is 13.8. The van der Waals surface area contributed by atoms with Gasteiger partial charge in [-0.25, -0.2) is 13.4 Å². The molecule has 3 aromatic rings. The molecular formula is C29H40N4O3S2. The molecule has 0 aliphatic carbocycles. The molecule has 206 valence electrons. The highest BCUT2D eigenvalue weighted by molar-refractivity contribution is 7.89. The van der Waals surface area contributed by atoms with Gasteiger partial charge in [0.1, 0.15) is 0 Å². The molecule has 2 unspecified atom stereocenters. The van der Waals surface area contributed by atoms with E-state index in [0.29, 0.717) is 42.2 Å². The van der Waals surface area contributed by atoms with Crippen LogP contribution in [0.4, 0.5) is 5.13 Å². The van der Waals surface area contributed by atoms with Crippen LogP contribution in [0.1, 0.15) is 55.6 Å². The van der Waals surface area contributed by atoms with Gasteiger partial charge >= 0.3 is 0 Å². The Morgan fingerprint density at radius 3 is 2.26 bits per heavy atom. The summed E-state index contributed by atoms with van der Waals surface area (Å²) in [7, 11) is -3.61. The number of sulfonamides is 1. The van der Waals surface area contributed by atoms with Crippen LogP contribution in [0.2, 0.25) is 0 Å². The first-order valence-corrected chi connectivity index (χ1v) is 15.8. The van der Waals surface area contributed by atoms with Crippen molar-refractivity contribution in [2.45, 2.75) is 52.9 Å². The highest BCUT2D eigenvalue weighted by Gasteiger charge is 2.32. The van der Waals surface area contributed by atoms with Crippen molar-refractivity contribution < 1.29 is 13.2 Å². The molecule has 0 saturated carbocycles. The largest absolute Gasteiger partial charge is 0.302 e. The van der Waals surface area contributed by atoms with Gasteiger partial charge in [0.25, 0.3) is 5.91 Å². The lowest BCUT2D eigenvalue weighted by Crippen LogP contribution is -2.42. The average molecular weight is 557 g/mol. The Kier molecular flexibility index (Phi) is 8.92. The van der Waals surface area contributed by atoms with Gasteiger partial charge in [0.15, 0.2) is 5.13 Å². The maximum Gasteiger partial charge on any atom is 0.260 e. The van der Waals surface area contributed by atoms with Crippen molar-refractivity contribution in [2.75, 3.05) is 44.2 Å². The van der Waals surface area contributed by atoms with E-state index in [2.05, 4.69) is 51.7 Å². The van der Waals surface area contributed by atoms with E-state index in [-0.39, 0.29) is 10.8 Å². The van der Waals surface area contributed by atoms with Crippen molar-refractivity contribution in [3.8, 4) is 0 Å². The lowest BCUT2D eigenvalue weighted by molar-refractivity contribution is 0.0983. The summed E-state index contributed by atoms with van der Waals surface area (Å²) in [6.45, 7) is 16.6. The second-order valence-electron chi connectivity index (χ2n) is 10.7. The van der Waals surface area contributed by atoms with E-state index in [9.17, 15) is 13.2 Å². The van der Waals surface area contributed by atoms with Crippen molar-refractivity contribution in [3.05, 3.63) is 53.1 Å². The monoisotopic (exact) mass is 556 g/mol. The molecule has 1 aliphatic rings. The molecule has 38 heavy (non-hydrogen) atoms. The third-order valence-corrected chi connectivity index (χ3v) is 10.3. The van der Waals surface area contributed by atoms with Gasteiger partial charge in [-0.05, 0) is 86.7 Å². The van der Waals surface area contributed by atoms with E-state index in [1.807, 2.05) is 6.92 Å². The Balaban J connectivity index is 1.63. The van der Waals surface area contributed by atoms with Crippen LogP contribution >= 0.6 is 11.3 Å². The number of thiazole rings is 1. The highest BCUT2D eigenvalue weighted by Crippen LogP contribution is 2.33. The summed E-state index contributed by atoms with van der Waals surface area (Å²) in [4.78, 5) is 22.9. The zero-order chi connectivity index (χ0) is 27.6. The van der Waals surface area contributed by atoms with Crippen LogP contribution in [0.3, 0.4) is 0 Å². The van der Waals surface area contributed by atoms with Crippen LogP contribution in [0, 0.1) is 25.7 Å². The molecule has 1 saturated heterocycles. The van der Waals surface area contributed by atoms with Gasteiger partial charge in [-0.1, -0.05) is 45.1 Å². The SMILES string of the molecule is CCN(CC)CCN(C(=O)c1ccc(S(=O)(=O)N2CC(C)CC(C)C2)cc1)c1nc2c(C)cc(C)cc2s1. The van der Waals surface area contributed by atoms with Crippen LogP contribution in [0.15, 0.2) is 41.3 Å². The minimum absolute atomic E-state index is 0.172. The zero-order valence-electron chi connectivity index (χ0n) is 23.4. The number of piperidine rings is 1. The molecule has 0 bridgehead atoms. The van der Waals surface area contributed by atoms with Gasteiger partial charge in [0, 0.05) is 31.7 Å². The number of likely N-dealkylation sites (N-methyl/N-ethyl adjacent to an activating group) is 1. The van der Waals surface area contributed by atoms with Crippen LogP contribution < -0.4 is 4.90 Å². The van der Waals surface area contributed by atoms with E-state index in [1.165, 1.54) is 16.9 Å². The summed E-state index contributed by atoms with van der Waals surface area (Å²) in [5.41, 5.74) is 3.63. The fourth-order valence-corrected chi connectivity index (χ4v) is 8.26. The van der Waals surface area contributed by atoms with Gasteiger partial charge in [0.05, 0.1) is 15.1 Å². The summed E-state index contributed by atoms with van der Waals surface area (Å²) >= 11 is 1.52. The van der Waals surface area contributed by atoms with Crippen molar-refractivity contribution in [1.29, 1.82) is 0 Å². The number of fused-ring (bicyclic) bond motifs is 1. The Morgan fingerprint density at radius 1 is 1.03 bits per heavy atom. The first-order chi connectivity index (χ1) is 18.0. The summed E-state index contributed by atoms with van der Waals surface area (Å²) in [5, 5.41) is 0.666. The fourth-order valence-electron chi connectivity index (χ4n) is 5.42. The van der Waals surface area contributed by atoms with Crippen molar-refractivity contribution in [2.24, 2.45) is 11.8 Å². The van der Waals surface area contributed by atoms with Gasteiger partial charge in [-0.2, -0.15) is 4.31 Å². The molecule has 2 atom stereocenters. The summed E-state index contributed by atoms with van der Waals surface area (Å²) < 4.78 is 29.3. The average Bonchev–Trinajstić information content (AvgIpc) is 3.30. The van der Waals surface area contributed by atoms with Crippen LogP contribution in [-0.4, -0.2) is 67.8 Å². The molecule has 0 spiro atoms. The second kappa shape index (κ2) is 11.8. The zero-order valence-corrected chi connectivity index (χ0v) is 25.0. The van der Waals surface area contributed by atoms with E-state index in [1.54, 1.807) is 33.5 Å². The summed E-state index contributed by atoms with van der Waals surface area (Å²) in [5.74, 6) is 0.486. The molecule has 1 aromatic heterocycles. The molecule has 9 heteroatoms. The number of aryl methyl sites for hydroxylation is 2. The van der Waals surface area contributed by atoms with Crippen LogP contribution in [0.5, 0.6) is 0 Å². The lowest BCUT2D eigenvalue weighted by atomic mass is 9.94. The number of hydrogen-bond donors (Lipinski definition) is 0. The lowest BCUT2D eigenvalue weighted by Gasteiger charge is -2.34. The number of benzene rings is 2. The predicted octanol–water partition coefficient (Wildman–Crippen LogP) is 5.57. The predicted molar refractivity (Wildman–Crippen MR) is 157 cm³/mol. The molecule has 1 aliphatic heterocycles. The molecule has 2 heterocycles. The number of aromatic nitrogens is 1. The fraction of sp³-hybridized carbons (Fsp3) is 0.517. The Labute approximate surface area is 231 Å². The number of carbonyl (C=O) groups excluding carboxylic acids is 1. The van der Waals surface area contributed by atoms with E-state index in [4.69, 9.17) is 4.98 Å². The third-order valence-electron chi connectivity index (χ3n) is 7.40. The molecule has 7 nitrogen and oxygen atoms in total. The number of amides is 1. The number of rotatable bonds is 9. The van der Waals surface area contributed by atoms with Crippen LogP contribution in [-0.2, 0) is 10.0 Å². The smallest absolute Gasteiger partial charge is 0.260 e. The topological polar surface area (TPSA) is 73.8 Å². The first-order valence-electron chi connectivity index (χ1n) is 13.6. The molecule has 0 radical (unpaired) electrons. The van der Waals surface area contributed by atoms with Crippen molar-refractivity contribution in [3.63, 3.8) is 0 Å². The third kappa shape index (κ3) is 6.11. The minimum Gasteiger partial charge on any atom is -0.302 e. The molecule has 2 aromatic carbocycles. The van der Waals surface area contributed by atoms with Crippen molar-refractivity contribution >= 4 is 42.6 Å². The highest BCUT2D eigenvalue weighted by atomic mass is 32.2. The standard InChI is InChI=1S/C29H40N4O3S2/c1-7-31(8-2)13-14-33(29-30-27-23(6)16-20(3)17-26(27)37-29)28(34)24-9-11-25(12-10-24)38(35,36)32-18-21(4)15-22(5)19-32/h9-12,16-17,21-22H,7-8,13-15,18-19H2,1-6H3. The quantitative estimate of drug-likeness (QED) is 0.345. The maximum absolute atomic E-state index is 13.8. The van der Waals surface area contributed by atoms with E-state index < -0.39 is 10.0 Å². The molecule has 0 N–H and O–H groups in total. The Morgan fingerprint density at radius 2 is 1.66 bits per heavy atom. The Hall–Kier alpha value is -2.33. The number of anilines is 1. The number of carbonyl (C=O) groups is 1. The molecule has 4 rings (SSSR count). The van der Waals surface area contributed by atoms with E-state index in [0.717, 1.165) is 41.8 Å². The number of hydrogen-bond acceptors (Lipinski definition) is 6. The first kappa shape index (κ1) is 28.7. The summed E-state index contributed by atoms with van der Waals surface area (Å²) in [6, 6.07) is 10.6. The number of nitrogens with zero attached hydrogens (tertiary/aromatic N) is 4. The minimum atomic E-state index is -3.61. The van der Waals surface area contributed by atoms with Crippen LogP contribution in [0.25, 0.3) is 10.2 Å². The summed E-state index contributed by atoms with van der Waals surface area (Å²) in [6.07, 6.45) is 1.04. The van der Waals surface area contributed by atoms with Gasteiger partial charge in [-0.3, -0.25) is 9.69 Å². The molecule has 1 fully saturated rings. The second-order valence-corrected chi connectivity index (χ2v) is 13.6.